The summed E-state index contributed by atoms with van der Waals surface area (Å²) in [4.78, 5) is 24.4. The lowest BCUT2D eigenvalue weighted by atomic mass is 10.2. The SMILES string of the molecule is O=C(CN1CCc2ccccc21)Nc1cccc([N+](=O)[O-])c1. The van der Waals surface area contributed by atoms with Crippen molar-refractivity contribution in [1.82, 2.24) is 0 Å². The van der Waals surface area contributed by atoms with E-state index in [1.807, 2.05) is 23.1 Å². The lowest BCUT2D eigenvalue weighted by Crippen LogP contribution is -2.31. The van der Waals surface area contributed by atoms with Gasteiger partial charge in [-0.15, -0.1) is 0 Å². The number of carbonyl (C=O) groups is 1. The predicted octanol–water partition coefficient (Wildman–Crippen LogP) is 2.60. The van der Waals surface area contributed by atoms with E-state index in [0.29, 0.717) is 5.69 Å². The highest BCUT2D eigenvalue weighted by molar-refractivity contribution is 5.94. The Morgan fingerprint density at radius 1 is 1.23 bits per heavy atom. The normalized spacial score (nSPS) is 12.8. The highest BCUT2D eigenvalue weighted by Gasteiger charge is 2.20. The molecule has 0 radical (unpaired) electrons. The van der Waals surface area contributed by atoms with Gasteiger partial charge in [0.05, 0.1) is 11.5 Å². The van der Waals surface area contributed by atoms with E-state index in [-0.39, 0.29) is 18.1 Å². The van der Waals surface area contributed by atoms with Gasteiger partial charge in [0.2, 0.25) is 5.91 Å². The second-order valence-electron chi connectivity index (χ2n) is 5.16. The number of amides is 1. The molecule has 0 saturated heterocycles. The second kappa shape index (κ2) is 5.85. The maximum Gasteiger partial charge on any atom is 0.271 e. The number of rotatable bonds is 4. The molecule has 0 aromatic heterocycles. The van der Waals surface area contributed by atoms with Gasteiger partial charge in [0.15, 0.2) is 0 Å². The van der Waals surface area contributed by atoms with E-state index in [1.54, 1.807) is 12.1 Å². The van der Waals surface area contributed by atoms with Crippen LogP contribution in [0.25, 0.3) is 0 Å². The van der Waals surface area contributed by atoms with Crippen LogP contribution in [0.3, 0.4) is 0 Å². The Labute approximate surface area is 127 Å². The number of fused-ring (bicyclic) bond motifs is 1. The number of hydrogen-bond donors (Lipinski definition) is 1. The van der Waals surface area contributed by atoms with Crippen molar-refractivity contribution in [3.05, 3.63) is 64.2 Å². The molecule has 6 heteroatoms. The van der Waals surface area contributed by atoms with Crippen molar-refractivity contribution in [3.63, 3.8) is 0 Å². The summed E-state index contributed by atoms with van der Waals surface area (Å²) in [6, 6.07) is 14.0. The van der Waals surface area contributed by atoms with Crippen molar-refractivity contribution in [2.45, 2.75) is 6.42 Å². The van der Waals surface area contributed by atoms with Crippen LogP contribution in [-0.2, 0) is 11.2 Å². The summed E-state index contributed by atoms with van der Waals surface area (Å²) in [7, 11) is 0. The van der Waals surface area contributed by atoms with E-state index in [1.165, 1.54) is 17.7 Å². The Morgan fingerprint density at radius 3 is 2.86 bits per heavy atom. The molecule has 0 spiro atoms. The minimum Gasteiger partial charge on any atom is -0.362 e. The minimum absolute atomic E-state index is 0.0377. The standard InChI is InChI=1S/C16H15N3O3/c20-16(17-13-5-3-6-14(10-13)19(21)22)11-18-9-8-12-4-1-2-7-15(12)18/h1-7,10H,8-9,11H2,(H,17,20). The number of nitrogens with zero attached hydrogens (tertiary/aromatic N) is 2. The molecule has 1 N–H and O–H groups in total. The molecular weight excluding hydrogens is 282 g/mol. The lowest BCUT2D eigenvalue weighted by Gasteiger charge is -2.18. The number of benzene rings is 2. The van der Waals surface area contributed by atoms with Crippen LogP contribution in [-0.4, -0.2) is 23.9 Å². The number of non-ortho nitro benzene ring substituents is 1. The van der Waals surface area contributed by atoms with Gasteiger partial charge < -0.3 is 10.2 Å². The smallest absolute Gasteiger partial charge is 0.271 e. The minimum atomic E-state index is -0.480. The summed E-state index contributed by atoms with van der Waals surface area (Å²) >= 11 is 0. The van der Waals surface area contributed by atoms with Gasteiger partial charge >= 0.3 is 0 Å². The maximum absolute atomic E-state index is 12.1. The molecule has 1 amide bonds. The maximum atomic E-state index is 12.1. The van der Waals surface area contributed by atoms with Crippen LogP contribution < -0.4 is 10.2 Å². The number of carbonyl (C=O) groups excluding carboxylic acids is 1. The zero-order valence-electron chi connectivity index (χ0n) is 11.9. The lowest BCUT2D eigenvalue weighted by molar-refractivity contribution is -0.384. The third-order valence-electron chi connectivity index (χ3n) is 3.66. The first-order valence-corrected chi connectivity index (χ1v) is 7.00. The Bertz CT molecular complexity index is 730. The van der Waals surface area contributed by atoms with E-state index in [2.05, 4.69) is 11.4 Å². The van der Waals surface area contributed by atoms with Crippen molar-refractivity contribution < 1.29 is 9.72 Å². The van der Waals surface area contributed by atoms with Gasteiger partial charge in [-0.1, -0.05) is 24.3 Å². The molecule has 2 aromatic rings. The molecule has 0 saturated carbocycles. The van der Waals surface area contributed by atoms with Crippen LogP contribution in [0, 0.1) is 10.1 Å². The molecular formula is C16H15N3O3. The van der Waals surface area contributed by atoms with Crippen LogP contribution in [0.2, 0.25) is 0 Å². The zero-order chi connectivity index (χ0) is 15.5. The first kappa shape index (κ1) is 14.1. The fourth-order valence-electron chi connectivity index (χ4n) is 2.64. The second-order valence-corrected chi connectivity index (χ2v) is 5.16. The number of nitrogens with one attached hydrogen (secondary N) is 1. The molecule has 1 heterocycles. The number of anilines is 2. The van der Waals surface area contributed by atoms with Crippen LogP contribution >= 0.6 is 0 Å². The van der Waals surface area contributed by atoms with E-state index in [9.17, 15) is 14.9 Å². The van der Waals surface area contributed by atoms with E-state index in [0.717, 1.165) is 18.7 Å². The summed E-state index contributed by atoms with van der Waals surface area (Å²) < 4.78 is 0. The molecule has 1 aliphatic heterocycles. The average Bonchev–Trinajstić information content (AvgIpc) is 2.91. The Balaban J connectivity index is 1.66. The molecule has 1 aliphatic rings. The molecule has 0 unspecified atom stereocenters. The molecule has 112 valence electrons. The number of para-hydroxylation sites is 1. The summed E-state index contributed by atoms with van der Waals surface area (Å²) in [5, 5.41) is 13.4. The summed E-state index contributed by atoms with van der Waals surface area (Å²) in [6.45, 7) is 1.04. The van der Waals surface area contributed by atoms with E-state index in [4.69, 9.17) is 0 Å². The third-order valence-corrected chi connectivity index (χ3v) is 3.66. The van der Waals surface area contributed by atoms with E-state index >= 15 is 0 Å². The molecule has 22 heavy (non-hydrogen) atoms. The van der Waals surface area contributed by atoms with E-state index < -0.39 is 4.92 Å². The zero-order valence-corrected chi connectivity index (χ0v) is 11.9. The van der Waals surface area contributed by atoms with Gasteiger partial charge in [-0.3, -0.25) is 14.9 Å². The molecule has 0 fully saturated rings. The number of hydrogen-bond acceptors (Lipinski definition) is 4. The molecule has 2 aromatic carbocycles. The van der Waals surface area contributed by atoms with Gasteiger partial charge in [-0.25, -0.2) is 0 Å². The topological polar surface area (TPSA) is 75.5 Å². The van der Waals surface area contributed by atoms with Crippen LogP contribution in [0.4, 0.5) is 17.1 Å². The molecule has 0 atom stereocenters. The largest absolute Gasteiger partial charge is 0.362 e. The fraction of sp³-hybridized carbons (Fsp3) is 0.188. The van der Waals surface area contributed by atoms with Gasteiger partial charge in [0, 0.05) is 30.1 Å². The quantitative estimate of drug-likeness (QED) is 0.695. The highest BCUT2D eigenvalue weighted by Crippen LogP contribution is 2.27. The Kier molecular flexibility index (Phi) is 3.74. The molecule has 3 rings (SSSR count). The Hall–Kier alpha value is -2.89. The number of nitro groups is 1. The average molecular weight is 297 g/mol. The summed E-state index contributed by atoms with van der Waals surface area (Å²) in [6.07, 6.45) is 0.931. The van der Waals surface area contributed by atoms with Crippen molar-refractivity contribution >= 4 is 23.0 Å². The predicted molar refractivity (Wildman–Crippen MR) is 84.1 cm³/mol. The van der Waals surface area contributed by atoms with Gasteiger partial charge in [-0.2, -0.15) is 0 Å². The van der Waals surface area contributed by atoms with Gasteiger partial charge in [0.1, 0.15) is 0 Å². The van der Waals surface area contributed by atoms with Crippen molar-refractivity contribution in [2.75, 3.05) is 23.3 Å². The van der Waals surface area contributed by atoms with Crippen LogP contribution in [0.5, 0.6) is 0 Å². The van der Waals surface area contributed by atoms with Crippen molar-refractivity contribution in [1.29, 1.82) is 0 Å². The fourth-order valence-corrected chi connectivity index (χ4v) is 2.64. The van der Waals surface area contributed by atoms with Crippen LogP contribution in [0.1, 0.15) is 5.56 Å². The molecule has 6 nitrogen and oxygen atoms in total. The van der Waals surface area contributed by atoms with Gasteiger partial charge in [0.25, 0.3) is 5.69 Å². The molecule has 0 aliphatic carbocycles. The summed E-state index contributed by atoms with van der Waals surface area (Å²) in [5.41, 5.74) is 2.72. The highest BCUT2D eigenvalue weighted by atomic mass is 16.6. The third kappa shape index (κ3) is 2.90. The van der Waals surface area contributed by atoms with Gasteiger partial charge in [-0.05, 0) is 24.1 Å². The van der Waals surface area contributed by atoms with Crippen LogP contribution in [0.15, 0.2) is 48.5 Å². The Morgan fingerprint density at radius 2 is 2.05 bits per heavy atom. The first-order valence-electron chi connectivity index (χ1n) is 7.00. The molecule has 0 bridgehead atoms. The number of nitro benzene ring substituents is 1. The van der Waals surface area contributed by atoms with Crippen molar-refractivity contribution in [2.24, 2.45) is 0 Å². The first-order chi connectivity index (χ1) is 10.6. The van der Waals surface area contributed by atoms with Crippen molar-refractivity contribution in [3.8, 4) is 0 Å². The summed E-state index contributed by atoms with van der Waals surface area (Å²) in [5.74, 6) is -0.183. The monoisotopic (exact) mass is 297 g/mol.